The number of ether oxygens (including phenoxy) is 3. The largest absolute Gasteiger partial charge is 0.482 e. The molecule has 0 fully saturated rings. The number of carbonyl (C=O) groups excluding carboxylic acids is 2. The number of nitrogens with zero attached hydrogens (tertiary/aromatic N) is 2. The lowest BCUT2D eigenvalue weighted by molar-refractivity contribution is -0.137. The van der Waals surface area contributed by atoms with Crippen LogP contribution in [-0.4, -0.2) is 48.7 Å². The van der Waals surface area contributed by atoms with E-state index in [1.54, 1.807) is 39.2 Å². The van der Waals surface area contributed by atoms with Gasteiger partial charge in [-0.1, -0.05) is 29.8 Å². The minimum absolute atomic E-state index is 0.0491. The Bertz CT molecular complexity index is 1780. The fraction of sp³-hybridized carbons (Fsp3) is 0.353. The normalized spacial score (nSPS) is 19.1. The van der Waals surface area contributed by atoms with E-state index in [0.29, 0.717) is 29.3 Å². The fourth-order valence-corrected chi connectivity index (χ4v) is 6.39. The molecule has 2 atom stereocenters. The van der Waals surface area contributed by atoms with Crippen molar-refractivity contribution in [2.45, 2.75) is 57.0 Å². The number of carbonyl (C=O) groups is 2. The summed E-state index contributed by atoms with van der Waals surface area (Å²) < 4.78 is 58.6. The zero-order chi connectivity index (χ0) is 34.9. The second-order valence-electron chi connectivity index (χ2n) is 12.2. The average molecular weight is 686 g/mol. The summed E-state index contributed by atoms with van der Waals surface area (Å²) in [6.07, 6.45) is 0.801. The van der Waals surface area contributed by atoms with Crippen LogP contribution in [0.2, 0.25) is 0 Å². The van der Waals surface area contributed by atoms with Crippen LogP contribution in [0.25, 0.3) is 0 Å². The second kappa shape index (κ2) is 13.4. The number of aldehydes is 1. The number of halogens is 4. The maximum absolute atomic E-state index is 14.1. The van der Waals surface area contributed by atoms with Gasteiger partial charge in [0, 0.05) is 18.0 Å². The van der Waals surface area contributed by atoms with Crippen LogP contribution in [0.15, 0.2) is 71.4 Å². The van der Waals surface area contributed by atoms with Crippen molar-refractivity contribution in [3.63, 3.8) is 0 Å². The molecule has 0 saturated carbocycles. The van der Waals surface area contributed by atoms with Gasteiger partial charge in [-0.3, -0.25) is 9.78 Å². The van der Waals surface area contributed by atoms with Crippen LogP contribution in [0.3, 0.4) is 0 Å². The van der Waals surface area contributed by atoms with Crippen molar-refractivity contribution in [2.24, 2.45) is 0 Å². The molecule has 2 aromatic heterocycles. The van der Waals surface area contributed by atoms with Gasteiger partial charge in [0.05, 0.1) is 43.0 Å². The third kappa shape index (κ3) is 6.77. The van der Waals surface area contributed by atoms with Crippen LogP contribution in [0.1, 0.15) is 71.4 Å². The topological polar surface area (TPSA) is 124 Å². The lowest BCUT2D eigenvalue weighted by Crippen LogP contribution is -2.47. The quantitative estimate of drug-likeness (QED) is 0.210. The number of amides is 1. The van der Waals surface area contributed by atoms with Crippen LogP contribution in [0, 0.1) is 0 Å². The summed E-state index contributed by atoms with van der Waals surface area (Å²) in [4.78, 5) is 32.1. The van der Waals surface area contributed by atoms with Gasteiger partial charge in [-0.05, 0) is 80.1 Å². The number of alkyl carbamates (subject to hydrolysis) is 1. The van der Waals surface area contributed by atoms with E-state index in [9.17, 15) is 22.8 Å². The summed E-state index contributed by atoms with van der Waals surface area (Å²) in [7, 11) is 2.73. The molecule has 5 rings (SSSR count). The van der Waals surface area contributed by atoms with Crippen molar-refractivity contribution in [1.82, 2.24) is 20.6 Å². The second-order valence-corrected chi connectivity index (χ2v) is 12.6. The average Bonchev–Trinajstić information content (AvgIpc) is 3.45. The molecule has 3 aromatic rings. The van der Waals surface area contributed by atoms with E-state index in [-0.39, 0.29) is 24.3 Å². The molecule has 1 unspecified atom stereocenters. The highest BCUT2D eigenvalue weighted by Gasteiger charge is 2.45. The van der Waals surface area contributed by atoms with E-state index < -0.39 is 40.8 Å². The Kier molecular flexibility index (Phi) is 9.63. The molecule has 1 amide bonds. The molecule has 1 aliphatic carbocycles. The van der Waals surface area contributed by atoms with Crippen LogP contribution in [0.5, 0.6) is 5.88 Å². The molecule has 14 heteroatoms. The van der Waals surface area contributed by atoms with E-state index in [4.69, 9.17) is 25.8 Å². The standard InChI is InChI=1S/C34H35ClF3N5O5/c1-32(2,3)48-31(45)40-17-19-16-27(35)33(43-30(19)47-5,21-11-13-39-14-12-21)24-8-6-7-23-22(24)9-10-26(23)41-28-25(34(36,37)38)15-20(18-44)29(42-28)46-4/h6-8,11-16,18,26,43H,9-10,17H2,1-5H3,(H,40,45)(H,41,42)/t26-,33?/m0/s1. The van der Waals surface area contributed by atoms with Gasteiger partial charge in [0.2, 0.25) is 5.88 Å². The van der Waals surface area contributed by atoms with Gasteiger partial charge < -0.3 is 30.2 Å². The van der Waals surface area contributed by atoms with Gasteiger partial charge in [0.1, 0.15) is 17.0 Å². The van der Waals surface area contributed by atoms with Gasteiger partial charge >= 0.3 is 12.3 Å². The van der Waals surface area contributed by atoms with Gasteiger partial charge in [0.25, 0.3) is 0 Å². The Labute approximate surface area is 280 Å². The lowest BCUT2D eigenvalue weighted by atomic mass is 9.77. The first-order valence-electron chi connectivity index (χ1n) is 15.0. The van der Waals surface area contributed by atoms with Gasteiger partial charge in [-0.25, -0.2) is 4.79 Å². The predicted molar refractivity (Wildman–Crippen MR) is 173 cm³/mol. The molecule has 2 aliphatic rings. The number of hydrogen-bond donors (Lipinski definition) is 3. The molecule has 0 saturated heterocycles. The molecular formula is C34H35ClF3N5O5. The summed E-state index contributed by atoms with van der Waals surface area (Å²) in [6.45, 7) is 5.34. The summed E-state index contributed by atoms with van der Waals surface area (Å²) in [5.41, 5.74) is 0.395. The number of aromatic nitrogens is 2. The van der Waals surface area contributed by atoms with Crippen molar-refractivity contribution < 1.29 is 37.0 Å². The number of hydrogen-bond acceptors (Lipinski definition) is 9. The molecule has 48 heavy (non-hydrogen) atoms. The Balaban J connectivity index is 1.56. The van der Waals surface area contributed by atoms with Crippen molar-refractivity contribution in [2.75, 3.05) is 26.1 Å². The third-order valence-corrected chi connectivity index (χ3v) is 8.41. The lowest BCUT2D eigenvalue weighted by Gasteiger charge is -2.41. The highest BCUT2D eigenvalue weighted by atomic mass is 35.5. The van der Waals surface area contributed by atoms with Crippen molar-refractivity contribution in [3.8, 4) is 5.88 Å². The Morgan fingerprint density at radius 3 is 2.50 bits per heavy atom. The van der Waals surface area contributed by atoms with E-state index in [1.807, 2.05) is 30.3 Å². The maximum atomic E-state index is 14.1. The molecular weight excluding hydrogens is 651 g/mol. The van der Waals surface area contributed by atoms with Crippen LogP contribution < -0.4 is 20.7 Å². The first-order chi connectivity index (χ1) is 22.7. The van der Waals surface area contributed by atoms with Crippen LogP contribution in [0.4, 0.5) is 23.8 Å². The minimum atomic E-state index is -4.78. The molecule has 1 aromatic carbocycles. The molecule has 0 bridgehead atoms. The summed E-state index contributed by atoms with van der Waals surface area (Å²) in [5.74, 6) is -0.320. The summed E-state index contributed by atoms with van der Waals surface area (Å²) in [5, 5.41) is 9.53. The molecule has 0 spiro atoms. The summed E-state index contributed by atoms with van der Waals surface area (Å²) >= 11 is 7.20. The number of rotatable bonds is 9. The molecule has 254 valence electrons. The van der Waals surface area contributed by atoms with Crippen LogP contribution >= 0.6 is 11.6 Å². The Hall–Kier alpha value is -4.78. The Morgan fingerprint density at radius 2 is 1.88 bits per heavy atom. The first kappa shape index (κ1) is 34.6. The van der Waals surface area contributed by atoms with E-state index >= 15 is 0 Å². The molecule has 1 aliphatic heterocycles. The van der Waals surface area contributed by atoms with Crippen LogP contribution in [-0.2, 0) is 27.6 Å². The van der Waals surface area contributed by atoms with Crippen molar-refractivity contribution in [1.29, 1.82) is 0 Å². The summed E-state index contributed by atoms with van der Waals surface area (Å²) in [6, 6.07) is 9.35. The highest BCUT2D eigenvalue weighted by molar-refractivity contribution is 6.31. The zero-order valence-corrected chi connectivity index (χ0v) is 27.7. The number of dihydropyridines is 1. The number of nitrogens with one attached hydrogen (secondary N) is 3. The molecule has 10 nitrogen and oxygen atoms in total. The number of benzene rings is 1. The van der Waals surface area contributed by atoms with E-state index in [2.05, 4.69) is 25.9 Å². The minimum Gasteiger partial charge on any atom is -0.482 e. The van der Waals surface area contributed by atoms with Crippen molar-refractivity contribution in [3.05, 3.63) is 105 Å². The number of anilines is 1. The molecule has 3 heterocycles. The zero-order valence-electron chi connectivity index (χ0n) is 26.9. The molecule has 3 N–H and O–H groups in total. The number of alkyl halides is 3. The fourth-order valence-electron chi connectivity index (χ4n) is 6.00. The smallest absolute Gasteiger partial charge is 0.419 e. The van der Waals surface area contributed by atoms with E-state index in [0.717, 1.165) is 28.3 Å². The number of methoxy groups -OCH3 is 2. The van der Waals surface area contributed by atoms with Gasteiger partial charge in [-0.2, -0.15) is 18.2 Å². The van der Waals surface area contributed by atoms with Crippen molar-refractivity contribution >= 4 is 29.8 Å². The maximum Gasteiger partial charge on any atom is 0.419 e. The predicted octanol–water partition coefficient (Wildman–Crippen LogP) is 6.77. The molecule has 0 radical (unpaired) electrons. The highest BCUT2D eigenvalue weighted by Crippen LogP contribution is 2.48. The Morgan fingerprint density at radius 1 is 1.15 bits per heavy atom. The first-order valence-corrected chi connectivity index (χ1v) is 15.4. The van der Waals surface area contributed by atoms with Gasteiger partial charge in [0.15, 0.2) is 12.2 Å². The number of fused-ring (bicyclic) bond motifs is 1. The third-order valence-electron chi connectivity index (χ3n) is 8.02. The number of pyridine rings is 2. The SMILES string of the molecule is COC1=C(CNC(=O)OC(C)(C)C)C=C(Cl)C(c2ccncc2)(c2cccc3c2CC[C@@H]3Nc2nc(OC)c(C=O)cc2C(F)(F)F)N1. The monoisotopic (exact) mass is 685 g/mol. The van der Waals surface area contributed by atoms with E-state index in [1.165, 1.54) is 14.2 Å². The van der Waals surface area contributed by atoms with Gasteiger partial charge in [-0.15, -0.1) is 0 Å².